The summed E-state index contributed by atoms with van der Waals surface area (Å²) in [5.41, 5.74) is 1.01. The molecule has 1 saturated carbocycles. The van der Waals surface area contributed by atoms with Crippen LogP contribution < -0.4 is 0 Å². The van der Waals surface area contributed by atoms with Crippen molar-refractivity contribution >= 4 is 11.8 Å². The minimum atomic E-state index is -0.183. The molecule has 2 unspecified atom stereocenters. The first-order valence-electron chi connectivity index (χ1n) is 6.87. The molecule has 3 heteroatoms. The predicted octanol–water partition coefficient (Wildman–Crippen LogP) is 4.22. The molecule has 0 aromatic heterocycles. The maximum Gasteiger partial charge on any atom is 0.114 e. The van der Waals surface area contributed by atoms with Crippen LogP contribution in [-0.2, 0) is 9.78 Å². The minimum Gasteiger partial charge on any atom is -0.229 e. The van der Waals surface area contributed by atoms with Crippen molar-refractivity contribution in [1.82, 2.24) is 0 Å². The second-order valence-corrected chi connectivity index (χ2v) is 6.76. The average molecular weight is 276 g/mol. The summed E-state index contributed by atoms with van der Waals surface area (Å²) in [6.07, 6.45) is 3.42. The van der Waals surface area contributed by atoms with Gasteiger partial charge in [-0.05, 0) is 49.8 Å². The van der Waals surface area contributed by atoms with Gasteiger partial charge in [0.05, 0.1) is 0 Å². The Morgan fingerprint density at radius 3 is 2.95 bits per heavy atom. The first-order chi connectivity index (χ1) is 9.17. The van der Waals surface area contributed by atoms with E-state index < -0.39 is 0 Å². The van der Waals surface area contributed by atoms with Crippen LogP contribution in [0, 0.1) is 5.92 Å². The van der Waals surface area contributed by atoms with Crippen molar-refractivity contribution in [3.8, 4) is 0 Å². The Labute approximate surface area is 119 Å². The molecule has 19 heavy (non-hydrogen) atoms. The molecule has 1 aromatic rings. The van der Waals surface area contributed by atoms with Gasteiger partial charge in [0.2, 0.25) is 0 Å². The third-order valence-corrected chi connectivity index (χ3v) is 5.58. The van der Waals surface area contributed by atoms with Crippen molar-refractivity contribution in [2.45, 2.75) is 42.8 Å². The zero-order valence-electron chi connectivity index (χ0n) is 11.3. The monoisotopic (exact) mass is 276 g/mol. The molecule has 0 amide bonds. The van der Waals surface area contributed by atoms with Crippen LogP contribution in [0.4, 0.5) is 0 Å². The van der Waals surface area contributed by atoms with E-state index in [1.165, 1.54) is 16.9 Å². The molecule has 2 bridgehead atoms. The highest BCUT2D eigenvalue weighted by molar-refractivity contribution is 7.99. The van der Waals surface area contributed by atoms with Gasteiger partial charge in [0.15, 0.2) is 0 Å². The molecule has 3 rings (SSSR count). The Balaban J connectivity index is 1.65. The van der Waals surface area contributed by atoms with Crippen LogP contribution in [0.15, 0.2) is 47.4 Å². The van der Waals surface area contributed by atoms with Gasteiger partial charge in [0.25, 0.3) is 0 Å². The van der Waals surface area contributed by atoms with Gasteiger partial charge < -0.3 is 0 Å². The summed E-state index contributed by atoms with van der Waals surface area (Å²) in [4.78, 5) is 12.6. The van der Waals surface area contributed by atoms with E-state index in [-0.39, 0.29) is 11.7 Å². The van der Waals surface area contributed by atoms with E-state index >= 15 is 0 Å². The molecule has 1 heterocycles. The van der Waals surface area contributed by atoms with Crippen molar-refractivity contribution < 1.29 is 9.78 Å². The van der Waals surface area contributed by atoms with Crippen LogP contribution in [0.2, 0.25) is 0 Å². The average Bonchev–Trinajstić information content (AvgIpc) is 2.45. The maximum atomic E-state index is 5.74. The molecule has 1 saturated heterocycles. The summed E-state index contributed by atoms with van der Waals surface area (Å²) in [6.45, 7) is 6.24. The molecule has 1 aromatic carbocycles. The fourth-order valence-corrected chi connectivity index (χ4v) is 3.93. The summed E-state index contributed by atoms with van der Waals surface area (Å²) in [5, 5.41) is 0. The minimum absolute atomic E-state index is 0.119. The number of hydrogen-bond acceptors (Lipinski definition) is 3. The number of hydrogen-bond donors (Lipinski definition) is 0. The van der Waals surface area contributed by atoms with Gasteiger partial charge in [-0.3, -0.25) is 0 Å². The largest absolute Gasteiger partial charge is 0.229 e. The number of rotatable bonds is 3. The summed E-state index contributed by atoms with van der Waals surface area (Å²) in [6, 6.07) is 10.5. The van der Waals surface area contributed by atoms with Crippen LogP contribution >= 0.6 is 11.8 Å². The normalized spacial score (nSPS) is 34.3. The van der Waals surface area contributed by atoms with Gasteiger partial charge in [-0.1, -0.05) is 24.8 Å². The quantitative estimate of drug-likeness (QED) is 0.468. The summed E-state index contributed by atoms with van der Waals surface area (Å²) in [7, 11) is 0. The van der Waals surface area contributed by atoms with Crippen LogP contribution in [0.1, 0.15) is 26.2 Å². The number of fused-ring (bicyclic) bond motifs is 2. The molecular weight excluding hydrogens is 256 g/mol. The van der Waals surface area contributed by atoms with Gasteiger partial charge in [-0.2, -0.15) is 0 Å². The first-order valence-corrected chi connectivity index (χ1v) is 7.86. The zero-order chi connectivity index (χ0) is 13.3. The molecule has 102 valence electrons. The molecule has 1 aliphatic carbocycles. The maximum absolute atomic E-state index is 5.74. The lowest BCUT2D eigenvalue weighted by Crippen LogP contribution is -2.49. The van der Waals surface area contributed by atoms with Crippen molar-refractivity contribution in [3.05, 3.63) is 42.5 Å². The van der Waals surface area contributed by atoms with Gasteiger partial charge in [0, 0.05) is 10.6 Å². The Bertz CT molecular complexity index is 459. The smallest absolute Gasteiger partial charge is 0.114 e. The number of thioether (sulfide) groups is 1. The molecular formula is C16H20O2S. The van der Waals surface area contributed by atoms with Crippen LogP contribution in [0.5, 0.6) is 0 Å². The standard InChI is InChI=1S/C16H20O2S/c1-12-8-9-13-10-15(12)17-18-16(13,2)11-19-14-6-4-3-5-7-14/h3-7,13,15H,1,8-11H2,2H3/t13?,15?,16-/m1/s1. The fraction of sp³-hybridized carbons (Fsp3) is 0.500. The van der Waals surface area contributed by atoms with Gasteiger partial charge in [-0.15, -0.1) is 11.8 Å². The van der Waals surface area contributed by atoms with Crippen molar-refractivity contribution in [1.29, 1.82) is 0 Å². The highest BCUT2D eigenvalue weighted by Gasteiger charge is 2.45. The van der Waals surface area contributed by atoms with E-state index in [2.05, 4.69) is 37.8 Å². The van der Waals surface area contributed by atoms with Gasteiger partial charge in [-0.25, -0.2) is 9.78 Å². The topological polar surface area (TPSA) is 18.5 Å². The lowest BCUT2D eigenvalue weighted by Gasteiger charge is -2.46. The van der Waals surface area contributed by atoms with E-state index in [4.69, 9.17) is 9.78 Å². The molecule has 2 nitrogen and oxygen atoms in total. The Hall–Kier alpha value is -0.770. The van der Waals surface area contributed by atoms with Crippen molar-refractivity contribution in [3.63, 3.8) is 0 Å². The first kappa shape index (κ1) is 13.2. The lowest BCUT2D eigenvalue weighted by molar-refractivity contribution is -0.411. The molecule has 3 atom stereocenters. The van der Waals surface area contributed by atoms with Crippen molar-refractivity contribution in [2.24, 2.45) is 5.92 Å². The van der Waals surface area contributed by atoms with Crippen LogP contribution in [-0.4, -0.2) is 17.5 Å². The Morgan fingerprint density at radius 1 is 1.37 bits per heavy atom. The fourth-order valence-electron chi connectivity index (χ4n) is 2.85. The molecule has 0 radical (unpaired) electrons. The highest BCUT2D eigenvalue weighted by Crippen LogP contribution is 2.44. The Kier molecular flexibility index (Phi) is 3.70. The second-order valence-electron chi connectivity index (χ2n) is 5.71. The Morgan fingerprint density at radius 2 is 2.16 bits per heavy atom. The van der Waals surface area contributed by atoms with E-state index in [1.807, 2.05) is 17.8 Å². The highest BCUT2D eigenvalue weighted by atomic mass is 32.2. The predicted molar refractivity (Wildman–Crippen MR) is 78.0 cm³/mol. The molecule has 1 aliphatic heterocycles. The lowest BCUT2D eigenvalue weighted by atomic mass is 9.75. The van der Waals surface area contributed by atoms with Crippen LogP contribution in [0.25, 0.3) is 0 Å². The molecule has 0 spiro atoms. The molecule has 2 aliphatic rings. The van der Waals surface area contributed by atoms with E-state index in [1.54, 1.807) is 0 Å². The van der Waals surface area contributed by atoms with Crippen molar-refractivity contribution in [2.75, 3.05) is 5.75 Å². The van der Waals surface area contributed by atoms with E-state index in [9.17, 15) is 0 Å². The molecule has 2 fully saturated rings. The number of benzene rings is 1. The van der Waals surface area contributed by atoms with Gasteiger partial charge in [0.1, 0.15) is 11.7 Å². The summed E-state index contributed by atoms with van der Waals surface area (Å²) >= 11 is 1.84. The zero-order valence-corrected chi connectivity index (χ0v) is 12.1. The third kappa shape index (κ3) is 2.73. The SMILES string of the molecule is C=C1CCC2CC1OO[C@]2(C)CSc1ccccc1. The summed E-state index contributed by atoms with van der Waals surface area (Å²) in [5.74, 6) is 1.51. The molecule has 0 N–H and O–H groups in total. The van der Waals surface area contributed by atoms with Gasteiger partial charge >= 0.3 is 0 Å². The second kappa shape index (κ2) is 5.31. The third-order valence-electron chi connectivity index (χ3n) is 4.25. The van der Waals surface area contributed by atoms with E-state index in [0.717, 1.165) is 18.6 Å². The van der Waals surface area contributed by atoms with Crippen LogP contribution in [0.3, 0.4) is 0 Å². The summed E-state index contributed by atoms with van der Waals surface area (Å²) < 4.78 is 0. The van der Waals surface area contributed by atoms with E-state index in [0.29, 0.717) is 5.92 Å².